The van der Waals surface area contributed by atoms with Crippen LogP contribution in [0, 0.1) is 13.8 Å². The summed E-state index contributed by atoms with van der Waals surface area (Å²) in [5.41, 5.74) is 1.76. The van der Waals surface area contributed by atoms with E-state index in [0.717, 1.165) is 5.56 Å². The normalized spacial score (nSPS) is 11.2. The molecule has 0 spiro atoms. The molecule has 3 aromatic rings. The molecule has 2 aromatic carbocycles. The largest absolute Gasteiger partial charge is 0.508 e. The predicted molar refractivity (Wildman–Crippen MR) is 122 cm³/mol. The van der Waals surface area contributed by atoms with Crippen LogP contribution >= 0.6 is 15.9 Å². The molecule has 3 rings (SSSR count). The molecule has 0 atom stereocenters. The molecule has 0 radical (unpaired) electrons. The van der Waals surface area contributed by atoms with Crippen molar-refractivity contribution in [1.29, 1.82) is 0 Å². The zero-order valence-corrected chi connectivity index (χ0v) is 19.3. The van der Waals surface area contributed by atoms with Crippen molar-refractivity contribution >= 4 is 39.8 Å². The summed E-state index contributed by atoms with van der Waals surface area (Å²) in [5, 5.41) is 27.9. The van der Waals surface area contributed by atoms with Gasteiger partial charge in [0, 0.05) is 22.1 Å². The first kappa shape index (κ1) is 23.7. The van der Waals surface area contributed by atoms with Crippen molar-refractivity contribution in [3.8, 4) is 5.75 Å². The Morgan fingerprint density at radius 3 is 2.48 bits per heavy atom. The van der Waals surface area contributed by atoms with Crippen LogP contribution in [-0.4, -0.2) is 33.2 Å². The first-order valence-electron chi connectivity index (χ1n) is 9.70. The van der Waals surface area contributed by atoms with Gasteiger partial charge in [-0.3, -0.25) is 9.59 Å². The highest BCUT2D eigenvalue weighted by Crippen LogP contribution is 2.21. The van der Waals surface area contributed by atoms with Crippen LogP contribution in [0.15, 0.2) is 57.2 Å². The number of carboxylic acid groups (broad SMARTS) is 1. The zero-order chi connectivity index (χ0) is 24.1. The van der Waals surface area contributed by atoms with E-state index in [1.807, 2.05) is 0 Å². The number of nitrogens with zero attached hydrogens (tertiary/aromatic N) is 1. The predicted octanol–water partition coefficient (Wildman–Crippen LogP) is 3.55. The van der Waals surface area contributed by atoms with Crippen molar-refractivity contribution in [2.24, 2.45) is 0 Å². The number of hydrogen-bond donors (Lipinski definition) is 4. The van der Waals surface area contributed by atoms with Gasteiger partial charge in [-0.1, -0.05) is 17.3 Å². The molecule has 0 unspecified atom stereocenters. The van der Waals surface area contributed by atoms with Gasteiger partial charge in [0.25, 0.3) is 11.8 Å². The van der Waals surface area contributed by atoms with Gasteiger partial charge in [0.05, 0.1) is 11.3 Å². The van der Waals surface area contributed by atoms with Gasteiger partial charge in [0.15, 0.2) is 0 Å². The minimum atomic E-state index is -1.33. The van der Waals surface area contributed by atoms with Crippen LogP contribution in [0.4, 0.5) is 0 Å². The maximum absolute atomic E-state index is 12.7. The summed E-state index contributed by atoms with van der Waals surface area (Å²) in [6.07, 6.45) is 1.28. The molecule has 170 valence electrons. The highest BCUT2D eigenvalue weighted by molar-refractivity contribution is 9.10. The maximum Gasteiger partial charge on any atom is 0.352 e. The second kappa shape index (κ2) is 10.1. The van der Waals surface area contributed by atoms with E-state index in [4.69, 9.17) is 4.52 Å². The van der Waals surface area contributed by atoms with Gasteiger partial charge in [-0.2, -0.15) is 0 Å². The fourth-order valence-corrected chi connectivity index (χ4v) is 3.53. The number of aryl methyl sites for hydroxylation is 2. The summed E-state index contributed by atoms with van der Waals surface area (Å²) in [6.45, 7) is 3.50. The Labute approximate surface area is 197 Å². The van der Waals surface area contributed by atoms with Crippen LogP contribution in [0.3, 0.4) is 0 Å². The molecule has 2 amide bonds. The van der Waals surface area contributed by atoms with Crippen LogP contribution in [0.5, 0.6) is 5.75 Å². The summed E-state index contributed by atoms with van der Waals surface area (Å²) in [4.78, 5) is 36.8. The molecule has 0 aliphatic heterocycles. The topological polar surface area (TPSA) is 142 Å². The molecule has 4 N–H and O–H groups in total. The molecule has 0 aliphatic carbocycles. The molecule has 0 aliphatic rings. The third-order valence-electron chi connectivity index (χ3n) is 4.70. The van der Waals surface area contributed by atoms with Crippen LogP contribution < -0.4 is 10.6 Å². The van der Waals surface area contributed by atoms with Crippen LogP contribution in [0.2, 0.25) is 0 Å². The number of hydrogen-bond acceptors (Lipinski definition) is 6. The van der Waals surface area contributed by atoms with E-state index in [1.54, 1.807) is 32.0 Å². The average molecular weight is 514 g/mol. The van der Waals surface area contributed by atoms with Gasteiger partial charge in [-0.05, 0) is 71.7 Å². The second-order valence-electron chi connectivity index (χ2n) is 7.10. The Hall–Kier alpha value is -3.92. The van der Waals surface area contributed by atoms with E-state index in [1.165, 1.54) is 30.3 Å². The Morgan fingerprint density at radius 1 is 1.12 bits per heavy atom. The number of halogens is 1. The summed E-state index contributed by atoms with van der Waals surface area (Å²) in [7, 11) is 0. The number of aromatic nitrogens is 1. The monoisotopic (exact) mass is 513 g/mol. The van der Waals surface area contributed by atoms with Gasteiger partial charge < -0.3 is 25.4 Å². The van der Waals surface area contributed by atoms with Gasteiger partial charge in [0.1, 0.15) is 17.2 Å². The lowest BCUT2D eigenvalue weighted by molar-refractivity contribution is -0.132. The van der Waals surface area contributed by atoms with Crippen molar-refractivity contribution in [3.05, 3.63) is 86.3 Å². The molecule has 0 fully saturated rings. The first-order valence-corrected chi connectivity index (χ1v) is 10.5. The van der Waals surface area contributed by atoms with E-state index in [9.17, 15) is 24.6 Å². The molecule has 1 heterocycles. The van der Waals surface area contributed by atoms with E-state index < -0.39 is 11.9 Å². The molecule has 9 nitrogen and oxygen atoms in total. The number of phenolic OH excluding ortho intramolecular Hbond substituents is 1. The Balaban J connectivity index is 1.73. The fraction of sp³-hybridized carbons (Fsp3) is 0.130. The van der Waals surface area contributed by atoms with E-state index in [-0.39, 0.29) is 29.5 Å². The molecule has 0 saturated heterocycles. The SMILES string of the molecule is Cc1noc(C)c1/C=C(\NC(=O)c1ccc(C(=O)NCc2cccc(O)c2)cc1Br)C(=O)O. The van der Waals surface area contributed by atoms with Crippen molar-refractivity contribution < 1.29 is 29.1 Å². The molecule has 33 heavy (non-hydrogen) atoms. The highest BCUT2D eigenvalue weighted by atomic mass is 79.9. The van der Waals surface area contributed by atoms with Gasteiger partial charge >= 0.3 is 5.97 Å². The van der Waals surface area contributed by atoms with Crippen molar-refractivity contribution in [3.63, 3.8) is 0 Å². The smallest absolute Gasteiger partial charge is 0.352 e. The Kier molecular flexibility index (Phi) is 7.29. The van der Waals surface area contributed by atoms with Gasteiger partial charge in [-0.25, -0.2) is 4.79 Å². The Morgan fingerprint density at radius 2 is 1.88 bits per heavy atom. The molecular weight excluding hydrogens is 494 g/mol. The standard InChI is InChI=1S/C23H20BrN3O6/c1-12-18(13(2)33-27-12)10-20(23(31)32)26-22(30)17-7-6-15(9-19(17)24)21(29)25-11-14-4-3-5-16(28)8-14/h3-10,28H,11H2,1-2H3,(H,25,29)(H,26,30)(H,31,32)/b20-10-. The van der Waals surface area contributed by atoms with E-state index >= 15 is 0 Å². The lowest BCUT2D eigenvalue weighted by Gasteiger charge is -2.10. The molecule has 0 bridgehead atoms. The number of carbonyl (C=O) groups excluding carboxylic acids is 2. The van der Waals surface area contributed by atoms with E-state index in [2.05, 4.69) is 31.7 Å². The average Bonchev–Trinajstić information content (AvgIpc) is 3.08. The lowest BCUT2D eigenvalue weighted by Crippen LogP contribution is -2.28. The number of phenols is 1. The lowest BCUT2D eigenvalue weighted by atomic mass is 10.1. The number of carboxylic acids is 1. The number of rotatable bonds is 7. The summed E-state index contributed by atoms with van der Waals surface area (Å²) in [6, 6.07) is 10.8. The first-order chi connectivity index (χ1) is 15.7. The summed E-state index contributed by atoms with van der Waals surface area (Å²) >= 11 is 3.27. The molecule has 10 heteroatoms. The number of nitrogens with one attached hydrogen (secondary N) is 2. The third-order valence-corrected chi connectivity index (χ3v) is 5.35. The molecule has 1 aromatic heterocycles. The second-order valence-corrected chi connectivity index (χ2v) is 7.96. The van der Waals surface area contributed by atoms with Gasteiger partial charge in [0.2, 0.25) is 0 Å². The number of aromatic hydroxyl groups is 1. The van der Waals surface area contributed by atoms with Crippen LogP contribution in [0.25, 0.3) is 6.08 Å². The van der Waals surface area contributed by atoms with Crippen LogP contribution in [0.1, 0.15) is 43.3 Å². The highest BCUT2D eigenvalue weighted by Gasteiger charge is 2.19. The number of amides is 2. The number of aliphatic carboxylic acids is 1. The van der Waals surface area contributed by atoms with Crippen molar-refractivity contribution in [1.82, 2.24) is 15.8 Å². The number of benzene rings is 2. The number of carbonyl (C=O) groups is 3. The van der Waals surface area contributed by atoms with Gasteiger partial charge in [-0.15, -0.1) is 0 Å². The van der Waals surface area contributed by atoms with Crippen molar-refractivity contribution in [2.75, 3.05) is 0 Å². The third kappa shape index (κ3) is 5.86. The quantitative estimate of drug-likeness (QED) is 0.354. The van der Waals surface area contributed by atoms with E-state index in [0.29, 0.717) is 27.1 Å². The Bertz CT molecular complexity index is 1250. The summed E-state index contributed by atoms with van der Waals surface area (Å²) < 4.78 is 5.33. The maximum atomic E-state index is 12.7. The molecule has 0 saturated carbocycles. The fourth-order valence-electron chi connectivity index (χ4n) is 2.97. The minimum Gasteiger partial charge on any atom is -0.508 e. The van der Waals surface area contributed by atoms with Crippen LogP contribution in [-0.2, 0) is 11.3 Å². The summed E-state index contributed by atoms with van der Waals surface area (Å²) in [5.74, 6) is -1.86. The molecular formula is C23H20BrN3O6. The van der Waals surface area contributed by atoms with Crippen molar-refractivity contribution in [2.45, 2.75) is 20.4 Å². The minimum absolute atomic E-state index is 0.101. The zero-order valence-electron chi connectivity index (χ0n) is 17.7.